The number of aliphatic imine (C=N–C) groups is 1. The third-order valence-corrected chi connectivity index (χ3v) is 3.28. The molecule has 0 amide bonds. The third kappa shape index (κ3) is 3.91. The minimum Gasteiger partial charge on any atom is -0.494 e. The number of benzene rings is 1. The van der Waals surface area contributed by atoms with Crippen molar-refractivity contribution in [1.29, 1.82) is 0 Å². The molecule has 1 aromatic rings. The molecule has 0 saturated carbocycles. The summed E-state index contributed by atoms with van der Waals surface area (Å²) in [6.07, 6.45) is 0. The summed E-state index contributed by atoms with van der Waals surface area (Å²) in [5.74, 6) is 0.718. The van der Waals surface area contributed by atoms with Gasteiger partial charge in [-0.15, -0.1) is 12.4 Å². The van der Waals surface area contributed by atoms with E-state index in [1.807, 2.05) is 18.2 Å². The Morgan fingerprint density at radius 3 is 2.40 bits per heavy atom. The lowest BCUT2D eigenvalue weighted by atomic mass is 10.2. The van der Waals surface area contributed by atoms with Crippen LogP contribution in [-0.2, 0) is 0 Å². The zero-order valence-corrected chi connectivity index (χ0v) is 12.7. The summed E-state index contributed by atoms with van der Waals surface area (Å²) in [6, 6.07) is 5.88. The van der Waals surface area contributed by atoms with E-state index in [4.69, 9.17) is 16.2 Å². The van der Waals surface area contributed by atoms with Gasteiger partial charge in [-0.25, -0.2) is 4.99 Å². The average Bonchev–Trinajstić information content (AvgIpc) is 2.39. The van der Waals surface area contributed by atoms with Crippen LogP contribution in [0.15, 0.2) is 23.2 Å². The van der Waals surface area contributed by atoms with Gasteiger partial charge in [0.2, 0.25) is 0 Å². The predicted octanol–water partition coefficient (Wildman–Crippen LogP) is 0.774. The molecular formula is C13H22ClN5O. The van der Waals surface area contributed by atoms with Gasteiger partial charge in [0.05, 0.1) is 7.11 Å². The van der Waals surface area contributed by atoms with E-state index >= 15 is 0 Å². The standard InChI is InChI=1S/C13H21N5O.ClH/c1-17-5-7-18(8-6-17)10-3-4-11(16-13(14)15)12(9-10)19-2;/h3-4,9H,5-8H2,1-2H3,(H4,14,15,16);1H. The molecule has 1 aliphatic heterocycles. The zero-order valence-electron chi connectivity index (χ0n) is 11.9. The van der Waals surface area contributed by atoms with Gasteiger partial charge in [0.25, 0.3) is 0 Å². The summed E-state index contributed by atoms with van der Waals surface area (Å²) in [6.45, 7) is 4.17. The smallest absolute Gasteiger partial charge is 0.191 e. The van der Waals surface area contributed by atoms with Crippen molar-refractivity contribution in [1.82, 2.24) is 4.90 Å². The molecule has 0 aromatic heterocycles. The number of guanidine groups is 1. The molecule has 0 atom stereocenters. The second-order valence-electron chi connectivity index (χ2n) is 4.68. The molecule has 1 aliphatic rings. The summed E-state index contributed by atoms with van der Waals surface area (Å²) in [5, 5.41) is 0. The van der Waals surface area contributed by atoms with Crippen molar-refractivity contribution in [2.24, 2.45) is 16.5 Å². The van der Waals surface area contributed by atoms with Crippen molar-refractivity contribution in [2.45, 2.75) is 0 Å². The zero-order chi connectivity index (χ0) is 13.8. The molecule has 112 valence electrons. The number of nitrogens with zero attached hydrogens (tertiary/aromatic N) is 3. The van der Waals surface area contributed by atoms with E-state index in [-0.39, 0.29) is 18.4 Å². The van der Waals surface area contributed by atoms with Gasteiger partial charge in [-0.3, -0.25) is 0 Å². The van der Waals surface area contributed by atoms with Crippen LogP contribution in [0.3, 0.4) is 0 Å². The lowest BCUT2D eigenvalue weighted by Crippen LogP contribution is -2.44. The van der Waals surface area contributed by atoms with E-state index in [1.54, 1.807) is 7.11 Å². The van der Waals surface area contributed by atoms with Crippen LogP contribution in [0.2, 0.25) is 0 Å². The highest BCUT2D eigenvalue weighted by Gasteiger charge is 2.15. The average molecular weight is 300 g/mol. The van der Waals surface area contributed by atoms with Crippen molar-refractivity contribution in [3.05, 3.63) is 18.2 Å². The van der Waals surface area contributed by atoms with Gasteiger partial charge < -0.3 is 26.0 Å². The van der Waals surface area contributed by atoms with Crippen molar-refractivity contribution < 1.29 is 4.74 Å². The summed E-state index contributed by atoms with van der Waals surface area (Å²) in [5.41, 5.74) is 12.6. The number of hydrogen-bond acceptors (Lipinski definition) is 4. The number of halogens is 1. The third-order valence-electron chi connectivity index (χ3n) is 3.28. The molecule has 0 radical (unpaired) electrons. The van der Waals surface area contributed by atoms with Crippen LogP contribution in [0.4, 0.5) is 11.4 Å². The summed E-state index contributed by atoms with van der Waals surface area (Å²) in [4.78, 5) is 8.71. The number of ether oxygens (including phenoxy) is 1. The lowest BCUT2D eigenvalue weighted by molar-refractivity contribution is 0.312. The normalized spacial score (nSPS) is 15.4. The molecule has 0 aliphatic carbocycles. The van der Waals surface area contributed by atoms with Crippen LogP contribution in [0.25, 0.3) is 0 Å². The molecule has 4 N–H and O–H groups in total. The van der Waals surface area contributed by atoms with E-state index in [2.05, 4.69) is 21.8 Å². The lowest BCUT2D eigenvalue weighted by Gasteiger charge is -2.34. The first-order valence-corrected chi connectivity index (χ1v) is 6.31. The minimum atomic E-state index is 0. The van der Waals surface area contributed by atoms with E-state index < -0.39 is 0 Å². The van der Waals surface area contributed by atoms with E-state index in [1.165, 1.54) is 0 Å². The number of methoxy groups -OCH3 is 1. The summed E-state index contributed by atoms with van der Waals surface area (Å²) >= 11 is 0. The molecule has 7 heteroatoms. The van der Waals surface area contributed by atoms with E-state index in [9.17, 15) is 0 Å². The fraction of sp³-hybridized carbons (Fsp3) is 0.462. The first-order chi connectivity index (χ1) is 9.10. The Morgan fingerprint density at radius 1 is 1.20 bits per heavy atom. The summed E-state index contributed by atoms with van der Waals surface area (Å²) < 4.78 is 5.34. The largest absolute Gasteiger partial charge is 0.494 e. The first-order valence-electron chi connectivity index (χ1n) is 6.31. The molecule has 1 aromatic carbocycles. The molecular weight excluding hydrogens is 278 g/mol. The van der Waals surface area contributed by atoms with Gasteiger partial charge in [-0.1, -0.05) is 0 Å². The molecule has 0 unspecified atom stereocenters. The molecule has 0 spiro atoms. The Morgan fingerprint density at radius 2 is 1.85 bits per heavy atom. The van der Waals surface area contributed by atoms with Crippen LogP contribution in [-0.4, -0.2) is 51.2 Å². The maximum absolute atomic E-state index is 5.40. The maximum atomic E-state index is 5.40. The topological polar surface area (TPSA) is 80.1 Å². The number of hydrogen-bond donors (Lipinski definition) is 2. The fourth-order valence-electron chi connectivity index (χ4n) is 2.16. The monoisotopic (exact) mass is 299 g/mol. The second kappa shape index (κ2) is 7.21. The predicted molar refractivity (Wildman–Crippen MR) is 85.4 cm³/mol. The Balaban J connectivity index is 0.00000200. The van der Waals surface area contributed by atoms with Gasteiger partial charge in [0.15, 0.2) is 5.96 Å². The number of likely N-dealkylation sites (N-methyl/N-ethyl adjacent to an activating group) is 1. The summed E-state index contributed by atoms with van der Waals surface area (Å²) in [7, 11) is 3.76. The van der Waals surface area contributed by atoms with Crippen LogP contribution in [0.1, 0.15) is 0 Å². The Kier molecular flexibility index (Phi) is 5.91. The molecule has 2 rings (SSSR count). The van der Waals surface area contributed by atoms with E-state index in [0.717, 1.165) is 31.9 Å². The quantitative estimate of drug-likeness (QED) is 0.637. The number of piperazine rings is 1. The fourth-order valence-corrected chi connectivity index (χ4v) is 2.16. The molecule has 1 fully saturated rings. The molecule has 6 nitrogen and oxygen atoms in total. The molecule has 20 heavy (non-hydrogen) atoms. The second-order valence-corrected chi connectivity index (χ2v) is 4.68. The highest BCUT2D eigenvalue weighted by Crippen LogP contribution is 2.32. The van der Waals surface area contributed by atoms with Crippen LogP contribution in [0.5, 0.6) is 5.75 Å². The number of anilines is 1. The number of rotatable bonds is 3. The highest BCUT2D eigenvalue weighted by atomic mass is 35.5. The minimum absolute atomic E-state index is 0. The van der Waals surface area contributed by atoms with Crippen LogP contribution >= 0.6 is 12.4 Å². The Bertz CT molecular complexity index is 468. The van der Waals surface area contributed by atoms with Gasteiger partial charge >= 0.3 is 0 Å². The molecule has 0 bridgehead atoms. The van der Waals surface area contributed by atoms with Gasteiger partial charge in [-0.05, 0) is 19.2 Å². The number of nitrogens with two attached hydrogens (primary N) is 2. The van der Waals surface area contributed by atoms with Crippen molar-refractivity contribution in [2.75, 3.05) is 45.2 Å². The maximum Gasteiger partial charge on any atom is 0.191 e. The highest BCUT2D eigenvalue weighted by molar-refractivity contribution is 5.85. The van der Waals surface area contributed by atoms with Crippen LogP contribution in [0, 0.1) is 0 Å². The first kappa shape index (κ1) is 16.4. The van der Waals surface area contributed by atoms with E-state index in [0.29, 0.717) is 11.4 Å². The Hall–Kier alpha value is -1.66. The SMILES string of the molecule is COc1cc(N2CCN(C)CC2)ccc1N=C(N)N.Cl. The van der Waals surface area contributed by atoms with Crippen molar-refractivity contribution >= 4 is 29.7 Å². The van der Waals surface area contributed by atoms with Crippen molar-refractivity contribution in [3.63, 3.8) is 0 Å². The van der Waals surface area contributed by atoms with Gasteiger partial charge in [0, 0.05) is 37.9 Å². The van der Waals surface area contributed by atoms with Gasteiger partial charge in [0.1, 0.15) is 11.4 Å². The van der Waals surface area contributed by atoms with Crippen molar-refractivity contribution in [3.8, 4) is 5.75 Å². The Labute approximate surface area is 125 Å². The van der Waals surface area contributed by atoms with Gasteiger partial charge in [-0.2, -0.15) is 0 Å². The molecule has 1 heterocycles. The molecule has 1 saturated heterocycles. The van der Waals surface area contributed by atoms with Crippen LogP contribution < -0.4 is 21.1 Å².